The van der Waals surface area contributed by atoms with Crippen LogP contribution in [0.1, 0.15) is 18.1 Å². The molecule has 0 aliphatic heterocycles. The minimum Gasteiger partial charge on any atom is -0.388 e. The summed E-state index contributed by atoms with van der Waals surface area (Å²) in [6.45, 7) is 0. The van der Waals surface area contributed by atoms with E-state index in [9.17, 15) is 27.1 Å². The van der Waals surface area contributed by atoms with Gasteiger partial charge in [-0.1, -0.05) is 11.6 Å². The van der Waals surface area contributed by atoms with Crippen molar-refractivity contribution >= 4 is 11.6 Å². The summed E-state index contributed by atoms with van der Waals surface area (Å²) in [7, 11) is 0. The van der Waals surface area contributed by atoms with Crippen molar-refractivity contribution in [2.45, 2.75) is 24.9 Å². The zero-order chi connectivity index (χ0) is 13.2. The van der Waals surface area contributed by atoms with E-state index in [1.165, 1.54) is 0 Å². The largest absolute Gasteiger partial charge is 0.388 e. The standard InChI is InChI=1S/C10H8ClF5O/c11-6-1-5(2-7(12)3-6)8(17)4-10(15,16)9(13)14/h1-3,8-9,17H,4H2. The smallest absolute Gasteiger partial charge is 0.310 e. The first kappa shape index (κ1) is 14.2. The van der Waals surface area contributed by atoms with Crippen molar-refractivity contribution in [3.8, 4) is 0 Å². The molecule has 1 aromatic carbocycles. The molecule has 0 aromatic heterocycles. The molecule has 0 aliphatic rings. The second-order valence-corrected chi connectivity index (χ2v) is 3.92. The Morgan fingerprint density at radius 1 is 1.24 bits per heavy atom. The number of benzene rings is 1. The summed E-state index contributed by atoms with van der Waals surface area (Å²) in [5, 5.41) is 9.20. The third kappa shape index (κ3) is 3.81. The summed E-state index contributed by atoms with van der Waals surface area (Å²) in [6.07, 6.45) is -7.29. The van der Waals surface area contributed by atoms with Gasteiger partial charge >= 0.3 is 12.3 Å². The lowest BCUT2D eigenvalue weighted by Crippen LogP contribution is -2.28. The highest BCUT2D eigenvalue weighted by atomic mass is 35.5. The van der Waals surface area contributed by atoms with Gasteiger partial charge in [-0.25, -0.2) is 22.0 Å². The highest BCUT2D eigenvalue weighted by molar-refractivity contribution is 6.30. The van der Waals surface area contributed by atoms with Gasteiger partial charge < -0.3 is 5.11 Å². The molecule has 0 bridgehead atoms. The molecule has 1 nitrogen and oxygen atoms in total. The molecule has 7 heteroatoms. The zero-order valence-electron chi connectivity index (χ0n) is 8.31. The van der Waals surface area contributed by atoms with Crippen LogP contribution in [0.2, 0.25) is 5.02 Å². The Kier molecular flexibility index (Phi) is 4.32. The lowest BCUT2D eigenvalue weighted by atomic mass is 10.0. The van der Waals surface area contributed by atoms with E-state index in [1.807, 2.05) is 0 Å². The summed E-state index contributed by atoms with van der Waals surface area (Å²) in [5.74, 6) is -5.18. The molecule has 1 unspecified atom stereocenters. The third-order valence-electron chi connectivity index (χ3n) is 2.05. The first-order valence-corrected chi connectivity index (χ1v) is 4.90. The molecule has 0 heterocycles. The first-order valence-electron chi connectivity index (χ1n) is 4.52. The number of hydrogen-bond donors (Lipinski definition) is 1. The van der Waals surface area contributed by atoms with Gasteiger partial charge in [0.1, 0.15) is 5.82 Å². The number of halogens is 6. The van der Waals surface area contributed by atoms with Gasteiger partial charge in [0.25, 0.3) is 0 Å². The van der Waals surface area contributed by atoms with Crippen molar-refractivity contribution in [3.05, 3.63) is 34.6 Å². The number of aliphatic hydroxyl groups excluding tert-OH is 1. The highest BCUT2D eigenvalue weighted by Gasteiger charge is 2.42. The van der Waals surface area contributed by atoms with Crippen molar-refractivity contribution in [1.29, 1.82) is 0 Å². The predicted molar refractivity (Wildman–Crippen MR) is 51.9 cm³/mol. The third-order valence-corrected chi connectivity index (χ3v) is 2.27. The molecule has 0 spiro atoms. The fraction of sp³-hybridized carbons (Fsp3) is 0.400. The van der Waals surface area contributed by atoms with Crippen molar-refractivity contribution < 1.29 is 27.1 Å². The van der Waals surface area contributed by atoms with Gasteiger partial charge in [-0.15, -0.1) is 0 Å². The van der Waals surface area contributed by atoms with Crippen LogP contribution in [-0.2, 0) is 0 Å². The molecule has 1 aromatic rings. The highest BCUT2D eigenvalue weighted by Crippen LogP contribution is 2.34. The Labute approximate surface area is 98.8 Å². The van der Waals surface area contributed by atoms with Crippen LogP contribution in [0.25, 0.3) is 0 Å². The van der Waals surface area contributed by atoms with Crippen LogP contribution in [0.5, 0.6) is 0 Å². The number of alkyl halides is 4. The molecule has 0 radical (unpaired) electrons. The Morgan fingerprint density at radius 3 is 2.29 bits per heavy atom. The zero-order valence-corrected chi connectivity index (χ0v) is 9.06. The van der Waals surface area contributed by atoms with Crippen LogP contribution < -0.4 is 0 Å². The van der Waals surface area contributed by atoms with E-state index >= 15 is 0 Å². The van der Waals surface area contributed by atoms with E-state index in [0.29, 0.717) is 0 Å². The molecule has 1 N–H and O–H groups in total. The molecule has 0 amide bonds. The molecule has 0 saturated heterocycles. The molecule has 1 atom stereocenters. The number of hydrogen-bond acceptors (Lipinski definition) is 1. The van der Waals surface area contributed by atoms with Crippen LogP contribution in [-0.4, -0.2) is 17.5 Å². The van der Waals surface area contributed by atoms with Crippen LogP contribution in [0.4, 0.5) is 22.0 Å². The van der Waals surface area contributed by atoms with Gasteiger partial charge in [0.05, 0.1) is 6.10 Å². The SMILES string of the molecule is OC(CC(F)(F)C(F)F)c1cc(F)cc(Cl)c1. The lowest BCUT2D eigenvalue weighted by molar-refractivity contribution is -0.149. The summed E-state index contributed by atoms with van der Waals surface area (Å²) < 4.78 is 61.9. The van der Waals surface area contributed by atoms with Gasteiger partial charge in [0.15, 0.2) is 0 Å². The molecule has 1 rings (SSSR count). The van der Waals surface area contributed by atoms with E-state index in [1.54, 1.807) is 0 Å². The van der Waals surface area contributed by atoms with Gasteiger partial charge in [0.2, 0.25) is 0 Å². The van der Waals surface area contributed by atoms with E-state index in [4.69, 9.17) is 11.6 Å². The van der Waals surface area contributed by atoms with Crippen LogP contribution in [0, 0.1) is 5.82 Å². The van der Waals surface area contributed by atoms with Crippen LogP contribution in [0.15, 0.2) is 18.2 Å². The fourth-order valence-electron chi connectivity index (χ4n) is 1.23. The minimum atomic E-state index is -4.34. The van der Waals surface area contributed by atoms with E-state index in [0.717, 1.165) is 18.2 Å². The molecule has 17 heavy (non-hydrogen) atoms. The van der Waals surface area contributed by atoms with Gasteiger partial charge in [-0.05, 0) is 23.8 Å². The first-order chi connectivity index (χ1) is 7.72. The Morgan fingerprint density at radius 2 is 1.82 bits per heavy atom. The molecule has 0 fully saturated rings. The van der Waals surface area contributed by atoms with E-state index < -0.39 is 30.7 Å². The van der Waals surface area contributed by atoms with E-state index in [2.05, 4.69) is 0 Å². The maximum absolute atomic E-state index is 12.8. The molecule has 0 aliphatic carbocycles. The topological polar surface area (TPSA) is 20.2 Å². The molecular formula is C10H8ClF5O. The van der Waals surface area contributed by atoms with Crippen molar-refractivity contribution in [1.82, 2.24) is 0 Å². The quantitative estimate of drug-likeness (QED) is 0.828. The maximum Gasteiger partial charge on any atom is 0.310 e. The Hall–Kier alpha value is -0.880. The van der Waals surface area contributed by atoms with Crippen LogP contribution >= 0.6 is 11.6 Å². The Bertz CT molecular complexity index is 376. The fourth-order valence-corrected chi connectivity index (χ4v) is 1.46. The molecule has 96 valence electrons. The maximum atomic E-state index is 12.8. The minimum absolute atomic E-state index is 0.112. The summed E-state index contributed by atoms with van der Waals surface area (Å²) >= 11 is 5.44. The van der Waals surface area contributed by atoms with Gasteiger partial charge in [-0.3, -0.25) is 0 Å². The lowest BCUT2D eigenvalue weighted by Gasteiger charge is -2.19. The summed E-state index contributed by atoms with van der Waals surface area (Å²) in [5.41, 5.74) is -0.268. The predicted octanol–water partition coefficient (Wildman–Crippen LogP) is 3.80. The average Bonchev–Trinajstić information content (AvgIpc) is 2.15. The van der Waals surface area contributed by atoms with Crippen LogP contribution in [0.3, 0.4) is 0 Å². The van der Waals surface area contributed by atoms with Crippen molar-refractivity contribution in [2.24, 2.45) is 0 Å². The second kappa shape index (κ2) is 5.18. The molecule has 0 saturated carbocycles. The van der Waals surface area contributed by atoms with Gasteiger partial charge in [0, 0.05) is 11.4 Å². The van der Waals surface area contributed by atoms with E-state index in [-0.39, 0.29) is 10.6 Å². The second-order valence-electron chi connectivity index (χ2n) is 3.48. The average molecular weight is 275 g/mol. The van der Waals surface area contributed by atoms with Crippen molar-refractivity contribution in [2.75, 3.05) is 0 Å². The summed E-state index contributed by atoms with van der Waals surface area (Å²) in [4.78, 5) is 0. The molecular weight excluding hydrogens is 267 g/mol. The number of rotatable bonds is 4. The van der Waals surface area contributed by atoms with Crippen molar-refractivity contribution in [3.63, 3.8) is 0 Å². The normalized spacial score (nSPS) is 14.1. The summed E-state index contributed by atoms with van der Waals surface area (Å²) in [6, 6.07) is 2.71. The Balaban J connectivity index is 2.86. The monoisotopic (exact) mass is 274 g/mol. The number of aliphatic hydroxyl groups is 1. The van der Waals surface area contributed by atoms with Gasteiger partial charge in [-0.2, -0.15) is 0 Å².